The van der Waals surface area contributed by atoms with Crippen molar-refractivity contribution >= 4 is 28.0 Å². The average molecular weight is 659 g/mol. The van der Waals surface area contributed by atoms with Crippen LogP contribution in [0.5, 0.6) is 17.2 Å². The van der Waals surface area contributed by atoms with Gasteiger partial charge in [0.2, 0.25) is 0 Å². The van der Waals surface area contributed by atoms with Crippen molar-refractivity contribution in [2.24, 2.45) is 0 Å². The Morgan fingerprint density at radius 3 is 1.10 bits per heavy atom. The minimum absolute atomic E-state index is 0.214. The molecule has 7 rings (SSSR count). The summed E-state index contributed by atoms with van der Waals surface area (Å²) >= 11 is 0. The molecular weight excluding hydrogens is 619 g/mol. The molecule has 2 N–H and O–H groups in total. The van der Waals surface area contributed by atoms with Gasteiger partial charge in [0.1, 0.15) is 0 Å². The van der Waals surface area contributed by atoms with E-state index in [1.54, 1.807) is 24.3 Å². The van der Waals surface area contributed by atoms with Crippen molar-refractivity contribution in [3.8, 4) is 17.2 Å². The zero-order chi connectivity index (χ0) is 33.9. The summed E-state index contributed by atoms with van der Waals surface area (Å²) in [6, 6.07) is 64.0. The van der Waals surface area contributed by atoms with Crippen LogP contribution in [0.1, 0.15) is 29.2 Å². The molecule has 0 amide bonds. The van der Waals surface area contributed by atoms with Gasteiger partial charge in [-0.1, -0.05) is 0 Å². The number of aryl methyl sites for hydroxylation is 1. The maximum atomic E-state index is 10.1. The van der Waals surface area contributed by atoms with E-state index in [1.807, 2.05) is 24.3 Å². The minimum atomic E-state index is -3.91. The van der Waals surface area contributed by atoms with E-state index >= 15 is 0 Å². The molecule has 3 nitrogen and oxygen atoms in total. The van der Waals surface area contributed by atoms with Crippen LogP contribution in [0.4, 0.5) is 0 Å². The van der Waals surface area contributed by atoms with Crippen LogP contribution < -0.4 is 25.7 Å². The molecule has 7 aromatic carbocycles. The van der Waals surface area contributed by atoms with Gasteiger partial charge >= 0.3 is 290 Å². The SMILES string of the molecule is Cc1ccc(P(Oc2ccc(C(C)(c3ccc(O)cc3)c3ccc(O)cc3)cc2)(c2ccccc2)(c2ccccc2)c2ccccc2)cc1. The summed E-state index contributed by atoms with van der Waals surface area (Å²) in [4.78, 5) is 0. The topological polar surface area (TPSA) is 49.7 Å². The molecular formula is C45H39O3P. The van der Waals surface area contributed by atoms with Crippen LogP contribution in [-0.2, 0) is 5.41 Å². The Labute approximate surface area is 288 Å². The Kier molecular flexibility index (Phi) is 8.32. The summed E-state index contributed by atoms with van der Waals surface area (Å²) in [5.74, 6) is 1.17. The Morgan fingerprint density at radius 1 is 0.408 bits per heavy atom. The zero-order valence-corrected chi connectivity index (χ0v) is 28.5. The summed E-state index contributed by atoms with van der Waals surface area (Å²) in [6.45, 7) is 0.375. The van der Waals surface area contributed by atoms with E-state index < -0.39 is 12.2 Å². The molecule has 0 radical (unpaired) electrons. The van der Waals surface area contributed by atoms with Gasteiger partial charge in [-0.25, -0.2) is 0 Å². The monoisotopic (exact) mass is 658 g/mol. The molecule has 0 saturated carbocycles. The molecule has 0 saturated heterocycles. The fraction of sp³-hybridized carbons (Fsp3) is 0.0667. The second-order valence-corrected chi connectivity index (χ2v) is 17.0. The van der Waals surface area contributed by atoms with Crippen molar-refractivity contribution in [3.63, 3.8) is 0 Å². The number of phenols is 2. The molecule has 0 aromatic heterocycles. The number of hydrogen-bond donors (Lipinski definition) is 2. The number of aromatic hydroxyl groups is 2. The maximum absolute atomic E-state index is 10.1. The third-order valence-corrected chi connectivity index (χ3v) is 15.6. The molecule has 0 heterocycles. The Balaban J connectivity index is 1.49. The molecule has 7 aromatic rings. The first-order chi connectivity index (χ1) is 23.8. The van der Waals surface area contributed by atoms with Crippen molar-refractivity contribution in [1.82, 2.24) is 0 Å². The summed E-state index contributed by atoms with van der Waals surface area (Å²) in [5.41, 5.74) is 3.68. The molecule has 0 unspecified atom stereocenters. The molecule has 0 atom stereocenters. The van der Waals surface area contributed by atoms with E-state index in [-0.39, 0.29) is 11.5 Å². The van der Waals surface area contributed by atoms with Crippen molar-refractivity contribution in [1.29, 1.82) is 0 Å². The number of hydrogen-bond acceptors (Lipinski definition) is 3. The molecule has 49 heavy (non-hydrogen) atoms. The van der Waals surface area contributed by atoms with E-state index in [2.05, 4.69) is 153 Å². The molecule has 0 aliphatic heterocycles. The van der Waals surface area contributed by atoms with Gasteiger partial charge in [-0.15, -0.1) is 0 Å². The van der Waals surface area contributed by atoms with Gasteiger partial charge in [-0.2, -0.15) is 0 Å². The Bertz CT molecular complexity index is 2000. The fourth-order valence-corrected chi connectivity index (χ4v) is 12.9. The summed E-state index contributed by atoms with van der Waals surface area (Å²) in [6.07, 6.45) is 0. The molecule has 242 valence electrons. The van der Waals surface area contributed by atoms with Crippen molar-refractivity contribution in [2.75, 3.05) is 0 Å². The second-order valence-electron chi connectivity index (χ2n) is 12.7. The van der Waals surface area contributed by atoms with Gasteiger partial charge < -0.3 is 0 Å². The number of rotatable bonds is 9. The van der Waals surface area contributed by atoms with Crippen molar-refractivity contribution < 1.29 is 14.7 Å². The van der Waals surface area contributed by atoms with Crippen LogP contribution in [0, 0.1) is 6.92 Å². The average Bonchev–Trinajstić information content (AvgIpc) is 3.16. The van der Waals surface area contributed by atoms with Crippen LogP contribution in [0.25, 0.3) is 0 Å². The Hall–Kier alpha value is -5.63. The van der Waals surface area contributed by atoms with E-state index in [4.69, 9.17) is 4.52 Å². The van der Waals surface area contributed by atoms with Crippen LogP contribution in [0.2, 0.25) is 0 Å². The van der Waals surface area contributed by atoms with Crippen molar-refractivity contribution in [2.45, 2.75) is 19.3 Å². The van der Waals surface area contributed by atoms with Crippen LogP contribution in [0.3, 0.4) is 0 Å². The van der Waals surface area contributed by atoms with Gasteiger partial charge in [0.25, 0.3) is 0 Å². The molecule has 0 bridgehead atoms. The molecule has 0 spiro atoms. The molecule has 0 aliphatic rings. The first-order valence-corrected chi connectivity index (χ1v) is 18.6. The third-order valence-electron chi connectivity index (χ3n) is 9.88. The van der Waals surface area contributed by atoms with Gasteiger partial charge in [-0.3, -0.25) is 0 Å². The van der Waals surface area contributed by atoms with Crippen LogP contribution in [0.15, 0.2) is 188 Å². The summed E-state index contributed by atoms with van der Waals surface area (Å²) < 4.78 is 7.85. The van der Waals surface area contributed by atoms with Gasteiger partial charge in [0.05, 0.1) is 0 Å². The van der Waals surface area contributed by atoms with E-state index in [0.29, 0.717) is 0 Å². The summed E-state index contributed by atoms with van der Waals surface area (Å²) in [5, 5.41) is 24.7. The fourth-order valence-electron chi connectivity index (χ4n) is 7.22. The molecule has 0 fully saturated rings. The van der Waals surface area contributed by atoms with E-state index in [1.165, 1.54) is 5.56 Å². The van der Waals surface area contributed by atoms with E-state index in [0.717, 1.165) is 43.7 Å². The standard InChI is InChI=1S/C45H39O3P/c1-34-18-32-44(33-19-34)49(41-12-6-3-7-13-41,42-14-8-4-9-15-42,43-16-10-5-11-17-43)48-40-30-24-37(25-31-40)45(2,35-20-26-38(46)27-21-35)36-22-28-39(47)29-23-36/h3-33,46-47H,1-2H3. The summed E-state index contributed by atoms with van der Waals surface area (Å²) in [7, 11) is 0. The van der Waals surface area contributed by atoms with Crippen LogP contribution in [-0.4, -0.2) is 10.2 Å². The van der Waals surface area contributed by atoms with E-state index in [9.17, 15) is 10.2 Å². The van der Waals surface area contributed by atoms with Crippen molar-refractivity contribution in [3.05, 3.63) is 210 Å². The zero-order valence-electron chi connectivity index (χ0n) is 27.6. The second kappa shape index (κ2) is 12.8. The third kappa shape index (κ3) is 5.28. The number of phenolic OH excluding ortho intramolecular Hbond substituents is 2. The predicted octanol–water partition coefficient (Wildman–Crippen LogP) is 8.91. The number of benzene rings is 7. The normalized spacial score (nSPS) is 12.5. The first kappa shape index (κ1) is 31.9. The van der Waals surface area contributed by atoms with Gasteiger partial charge in [-0.05, 0) is 0 Å². The quantitative estimate of drug-likeness (QED) is 0.120. The van der Waals surface area contributed by atoms with Gasteiger partial charge in [0, 0.05) is 0 Å². The molecule has 4 heteroatoms. The first-order valence-electron chi connectivity index (χ1n) is 16.5. The molecule has 0 aliphatic carbocycles. The predicted molar refractivity (Wildman–Crippen MR) is 205 cm³/mol. The Morgan fingerprint density at radius 2 is 0.735 bits per heavy atom. The van der Waals surface area contributed by atoms with Gasteiger partial charge in [0.15, 0.2) is 0 Å². The van der Waals surface area contributed by atoms with Crippen LogP contribution >= 0.6 is 6.83 Å².